The number of amides is 1. The minimum atomic E-state index is -0.236. The molecule has 7 heteroatoms. The van der Waals surface area contributed by atoms with E-state index in [9.17, 15) is 4.79 Å². The first-order chi connectivity index (χ1) is 8.50. The van der Waals surface area contributed by atoms with Crippen LogP contribution in [-0.2, 0) is 7.05 Å². The van der Waals surface area contributed by atoms with E-state index in [0.29, 0.717) is 15.9 Å². The summed E-state index contributed by atoms with van der Waals surface area (Å²) in [5, 5.41) is 10.1. The third-order valence-corrected chi connectivity index (χ3v) is 3.56. The Morgan fingerprint density at radius 1 is 1.56 bits per heavy atom. The van der Waals surface area contributed by atoms with E-state index in [2.05, 4.69) is 15.5 Å². The largest absolute Gasteiger partial charge is 0.344 e. The molecule has 0 saturated heterocycles. The van der Waals surface area contributed by atoms with Crippen molar-refractivity contribution in [2.75, 3.05) is 0 Å². The topological polar surface area (TPSA) is 62.7 Å². The van der Waals surface area contributed by atoms with E-state index >= 15 is 0 Å². The highest BCUT2D eigenvalue weighted by atomic mass is 35.5. The second kappa shape index (κ2) is 5.04. The van der Waals surface area contributed by atoms with Crippen LogP contribution in [-0.4, -0.2) is 20.7 Å². The van der Waals surface area contributed by atoms with Crippen LogP contribution >= 0.6 is 23.2 Å². The summed E-state index contributed by atoms with van der Waals surface area (Å²) in [6.45, 7) is 1.87. The van der Waals surface area contributed by atoms with E-state index in [1.165, 1.54) is 0 Å². The SMILES string of the molecule is CC(NC(=O)c1cc(Cl)c(Cl)n1C)c1cn[nH]c1. The quantitative estimate of drug-likeness (QED) is 0.911. The van der Waals surface area contributed by atoms with Gasteiger partial charge in [-0.2, -0.15) is 5.10 Å². The van der Waals surface area contributed by atoms with Crippen LogP contribution in [0, 0.1) is 0 Å². The number of carbonyl (C=O) groups is 1. The maximum Gasteiger partial charge on any atom is 0.268 e. The monoisotopic (exact) mass is 286 g/mol. The van der Waals surface area contributed by atoms with E-state index in [1.807, 2.05) is 6.92 Å². The molecule has 96 valence electrons. The van der Waals surface area contributed by atoms with Gasteiger partial charge >= 0.3 is 0 Å². The minimum absolute atomic E-state index is 0.149. The Kier molecular flexibility index (Phi) is 3.63. The standard InChI is InChI=1S/C11H12Cl2N4O/c1-6(7-4-14-15-5-7)16-11(18)9-3-8(12)10(13)17(9)2/h3-6H,1-2H3,(H,14,15)(H,16,18). The molecule has 0 fully saturated rings. The van der Waals surface area contributed by atoms with E-state index in [0.717, 1.165) is 5.56 Å². The van der Waals surface area contributed by atoms with Crippen molar-refractivity contribution in [3.63, 3.8) is 0 Å². The summed E-state index contributed by atoms with van der Waals surface area (Å²) >= 11 is 11.8. The second-order valence-electron chi connectivity index (χ2n) is 3.95. The molecule has 5 nitrogen and oxygen atoms in total. The number of H-pyrrole nitrogens is 1. The van der Waals surface area contributed by atoms with Gasteiger partial charge < -0.3 is 9.88 Å². The first-order valence-electron chi connectivity index (χ1n) is 5.31. The van der Waals surface area contributed by atoms with Gasteiger partial charge in [0.05, 0.1) is 17.3 Å². The Bertz CT molecular complexity index is 562. The number of carbonyl (C=O) groups excluding carboxylic acids is 1. The summed E-state index contributed by atoms with van der Waals surface area (Å²) in [4.78, 5) is 12.1. The molecule has 2 N–H and O–H groups in total. The van der Waals surface area contributed by atoms with Gasteiger partial charge in [0, 0.05) is 18.8 Å². The fourth-order valence-corrected chi connectivity index (χ4v) is 1.99. The molecule has 18 heavy (non-hydrogen) atoms. The maximum atomic E-state index is 12.1. The van der Waals surface area contributed by atoms with Gasteiger partial charge in [0.15, 0.2) is 0 Å². The van der Waals surface area contributed by atoms with Crippen LogP contribution < -0.4 is 5.32 Å². The molecular formula is C11H12Cl2N4O. The molecule has 0 aromatic carbocycles. The van der Waals surface area contributed by atoms with Gasteiger partial charge in [-0.1, -0.05) is 23.2 Å². The summed E-state index contributed by atoms with van der Waals surface area (Å²) in [5.74, 6) is -0.236. The van der Waals surface area contributed by atoms with E-state index in [1.54, 1.807) is 30.1 Å². The van der Waals surface area contributed by atoms with Gasteiger partial charge in [-0.3, -0.25) is 9.89 Å². The molecule has 1 unspecified atom stereocenters. The zero-order valence-corrected chi connectivity index (χ0v) is 11.4. The van der Waals surface area contributed by atoms with Gasteiger partial charge in [0.2, 0.25) is 0 Å². The number of hydrogen-bond acceptors (Lipinski definition) is 2. The third-order valence-electron chi connectivity index (χ3n) is 2.72. The molecule has 0 saturated carbocycles. The molecule has 1 atom stereocenters. The molecule has 2 aromatic heterocycles. The number of aromatic amines is 1. The van der Waals surface area contributed by atoms with Gasteiger partial charge in [-0.25, -0.2) is 0 Å². The number of halogens is 2. The molecule has 1 amide bonds. The summed E-state index contributed by atoms with van der Waals surface area (Å²) in [5.41, 5.74) is 1.31. The zero-order valence-electron chi connectivity index (χ0n) is 9.87. The first kappa shape index (κ1) is 13.0. The van der Waals surface area contributed by atoms with Crippen LogP contribution in [0.4, 0.5) is 0 Å². The number of aromatic nitrogens is 3. The lowest BCUT2D eigenvalue weighted by Gasteiger charge is -2.12. The number of rotatable bonds is 3. The van der Waals surface area contributed by atoms with Crippen molar-refractivity contribution in [3.05, 3.63) is 39.9 Å². The Hall–Kier alpha value is -1.46. The highest BCUT2D eigenvalue weighted by Crippen LogP contribution is 2.25. The Morgan fingerprint density at radius 3 is 2.78 bits per heavy atom. The van der Waals surface area contributed by atoms with Gasteiger partial charge in [0.1, 0.15) is 10.8 Å². The molecule has 0 aliphatic rings. The Balaban J connectivity index is 2.15. The number of hydrogen-bond donors (Lipinski definition) is 2. The molecule has 2 heterocycles. The lowest BCUT2D eigenvalue weighted by molar-refractivity contribution is 0.0931. The number of nitrogens with one attached hydrogen (secondary N) is 2. The van der Waals surface area contributed by atoms with Crippen molar-refractivity contribution >= 4 is 29.1 Å². The number of nitrogens with zero attached hydrogens (tertiary/aromatic N) is 2. The average Bonchev–Trinajstić information content (AvgIpc) is 2.94. The summed E-state index contributed by atoms with van der Waals surface area (Å²) in [6.07, 6.45) is 3.39. The van der Waals surface area contributed by atoms with Gasteiger partial charge in [0.25, 0.3) is 5.91 Å². The average molecular weight is 287 g/mol. The molecule has 2 rings (SSSR count). The Labute approximate surface area is 114 Å². The fourth-order valence-electron chi connectivity index (χ4n) is 1.61. The fraction of sp³-hybridized carbons (Fsp3) is 0.273. The van der Waals surface area contributed by atoms with Crippen molar-refractivity contribution in [2.45, 2.75) is 13.0 Å². The highest BCUT2D eigenvalue weighted by Gasteiger charge is 2.18. The molecular weight excluding hydrogens is 275 g/mol. The summed E-state index contributed by atoms with van der Waals surface area (Å²) in [6, 6.07) is 1.39. The lowest BCUT2D eigenvalue weighted by Crippen LogP contribution is -2.28. The van der Waals surface area contributed by atoms with E-state index in [4.69, 9.17) is 23.2 Å². The Morgan fingerprint density at radius 2 is 2.28 bits per heavy atom. The van der Waals surface area contributed by atoms with Crippen LogP contribution in [0.15, 0.2) is 18.5 Å². The zero-order chi connectivity index (χ0) is 13.3. The van der Waals surface area contributed by atoms with Crippen molar-refractivity contribution < 1.29 is 4.79 Å². The predicted molar refractivity (Wildman–Crippen MR) is 69.9 cm³/mol. The van der Waals surface area contributed by atoms with Crippen LogP contribution in [0.3, 0.4) is 0 Å². The highest BCUT2D eigenvalue weighted by molar-refractivity contribution is 6.41. The van der Waals surface area contributed by atoms with Crippen LogP contribution in [0.2, 0.25) is 10.2 Å². The normalized spacial score (nSPS) is 12.4. The molecule has 0 radical (unpaired) electrons. The lowest BCUT2D eigenvalue weighted by atomic mass is 10.2. The second-order valence-corrected chi connectivity index (χ2v) is 4.72. The molecule has 2 aromatic rings. The maximum absolute atomic E-state index is 12.1. The summed E-state index contributed by atoms with van der Waals surface area (Å²) in [7, 11) is 1.69. The van der Waals surface area contributed by atoms with Crippen molar-refractivity contribution in [1.29, 1.82) is 0 Å². The molecule has 0 bridgehead atoms. The minimum Gasteiger partial charge on any atom is -0.344 e. The van der Waals surface area contributed by atoms with Crippen LogP contribution in [0.1, 0.15) is 29.0 Å². The molecule has 0 spiro atoms. The smallest absolute Gasteiger partial charge is 0.268 e. The first-order valence-corrected chi connectivity index (χ1v) is 6.06. The third kappa shape index (κ3) is 2.37. The molecule has 0 aliphatic carbocycles. The van der Waals surface area contributed by atoms with Gasteiger partial charge in [-0.05, 0) is 13.0 Å². The van der Waals surface area contributed by atoms with Crippen LogP contribution in [0.5, 0.6) is 0 Å². The summed E-state index contributed by atoms with van der Waals surface area (Å²) < 4.78 is 1.54. The predicted octanol–water partition coefficient (Wildman–Crippen LogP) is 2.55. The van der Waals surface area contributed by atoms with Gasteiger partial charge in [-0.15, -0.1) is 0 Å². The van der Waals surface area contributed by atoms with E-state index < -0.39 is 0 Å². The van der Waals surface area contributed by atoms with Crippen molar-refractivity contribution in [1.82, 2.24) is 20.1 Å². The van der Waals surface area contributed by atoms with Crippen molar-refractivity contribution in [3.8, 4) is 0 Å². The van der Waals surface area contributed by atoms with E-state index in [-0.39, 0.29) is 11.9 Å². The van der Waals surface area contributed by atoms with Crippen molar-refractivity contribution in [2.24, 2.45) is 7.05 Å². The van der Waals surface area contributed by atoms with Crippen LogP contribution in [0.25, 0.3) is 0 Å². The molecule has 0 aliphatic heterocycles.